The average Bonchev–Trinajstić information content (AvgIpc) is 2.28. The van der Waals surface area contributed by atoms with E-state index in [1.54, 1.807) is 0 Å². The summed E-state index contributed by atoms with van der Waals surface area (Å²) in [6.45, 7) is 10.7. The zero-order chi connectivity index (χ0) is 12.2. The highest BCUT2D eigenvalue weighted by atomic mass is 16.4. The molecule has 4 nitrogen and oxygen atoms in total. The molecular formula is C12H24N2O2. The van der Waals surface area contributed by atoms with Crippen molar-refractivity contribution in [1.82, 2.24) is 9.80 Å². The van der Waals surface area contributed by atoms with Gasteiger partial charge >= 0.3 is 5.97 Å². The van der Waals surface area contributed by atoms with Crippen LogP contribution in [0.25, 0.3) is 0 Å². The number of aliphatic carboxylic acids is 1. The largest absolute Gasteiger partial charge is 0.480 e. The van der Waals surface area contributed by atoms with E-state index in [1.807, 2.05) is 4.90 Å². The second kappa shape index (κ2) is 5.64. The number of hydrogen-bond acceptors (Lipinski definition) is 3. The second-order valence-corrected chi connectivity index (χ2v) is 4.86. The van der Waals surface area contributed by atoms with Gasteiger partial charge in [-0.2, -0.15) is 0 Å². The minimum absolute atomic E-state index is 0.183. The van der Waals surface area contributed by atoms with Crippen LogP contribution in [-0.2, 0) is 4.79 Å². The van der Waals surface area contributed by atoms with Gasteiger partial charge in [-0.3, -0.25) is 14.6 Å². The Labute approximate surface area is 98.2 Å². The van der Waals surface area contributed by atoms with Crippen molar-refractivity contribution in [2.45, 2.75) is 39.2 Å². The van der Waals surface area contributed by atoms with Crippen LogP contribution in [0.2, 0.25) is 0 Å². The molecule has 1 saturated heterocycles. The summed E-state index contributed by atoms with van der Waals surface area (Å²) in [4.78, 5) is 15.1. The van der Waals surface area contributed by atoms with Crippen molar-refractivity contribution < 1.29 is 9.90 Å². The normalized spacial score (nSPS) is 19.9. The van der Waals surface area contributed by atoms with Crippen LogP contribution in [0.1, 0.15) is 33.6 Å². The molecule has 16 heavy (non-hydrogen) atoms. The first-order valence-corrected chi connectivity index (χ1v) is 6.21. The molecule has 0 aromatic heterocycles. The van der Waals surface area contributed by atoms with E-state index < -0.39 is 5.97 Å². The molecule has 0 spiro atoms. The Morgan fingerprint density at radius 3 is 2.06 bits per heavy atom. The summed E-state index contributed by atoms with van der Waals surface area (Å²) in [6, 6.07) is 0. The average molecular weight is 228 g/mol. The topological polar surface area (TPSA) is 43.8 Å². The number of carboxylic acids is 1. The molecule has 1 fully saturated rings. The Kier molecular flexibility index (Phi) is 4.74. The summed E-state index contributed by atoms with van der Waals surface area (Å²) >= 11 is 0. The van der Waals surface area contributed by atoms with Crippen LogP contribution in [-0.4, -0.2) is 59.1 Å². The maximum Gasteiger partial charge on any atom is 0.317 e. The van der Waals surface area contributed by atoms with E-state index in [4.69, 9.17) is 5.11 Å². The first kappa shape index (κ1) is 13.5. The fourth-order valence-electron chi connectivity index (χ4n) is 2.33. The Hall–Kier alpha value is -0.610. The van der Waals surface area contributed by atoms with Gasteiger partial charge in [0.1, 0.15) is 0 Å². The number of rotatable bonds is 5. The molecule has 1 aliphatic heterocycles. The third-order valence-corrected chi connectivity index (χ3v) is 4.02. The number of hydrogen-bond donors (Lipinski definition) is 1. The molecule has 0 unspecified atom stereocenters. The summed E-state index contributed by atoms with van der Waals surface area (Å²) < 4.78 is 0. The van der Waals surface area contributed by atoms with Gasteiger partial charge in [0.05, 0.1) is 6.54 Å². The minimum atomic E-state index is -0.720. The van der Waals surface area contributed by atoms with Crippen molar-refractivity contribution in [2.24, 2.45) is 0 Å². The van der Waals surface area contributed by atoms with Crippen molar-refractivity contribution in [3.63, 3.8) is 0 Å². The molecule has 1 N–H and O–H groups in total. The fraction of sp³-hybridized carbons (Fsp3) is 0.917. The van der Waals surface area contributed by atoms with E-state index >= 15 is 0 Å². The smallest absolute Gasteiger partial charge is 0.317 e. The molecule has 0 aromatic carbocycles. The third kappa shape index (κ3) is 3.19. The van der Waals surface area contributed by atoms with Gasteiger partial charge in [-0.05, 0) is 19.8 Å². The van der Waals surface area contributed by atoms with E-state index in [9.17, 15) is 4.79 Å². The van der Waals surface area contributed by atoms with Gasteiger partial charge in [-0.15, -0.1) is 0 Å². The van der Waals surface area contributed by atoms with Gasteiger partial charge in [0.15, 0.2) is 0 Å². The van der Waals surface area contributed by atoms with Gasteiger partial charge < -0.3 is 5.11 Å². The maximum atomic E-state index is 10.6. The van der Waals surface area contributed by atoms with Crippen molar-refractivity contribution in [1.29, 1.82) is 0 Å². The van der Waals surface area contributed by atoms with E-state index in [1.165, 1.54) is 0 Å². The molecular weight excluding hydrogens is 204 g/mol. The second-order valence-electron chi connectivity index (χ2n) is 4.86. The Morgan fingerprint density at radius 1 is 1.19 bits per heavy atom. The number of nitrogens with zero attached hydrogens (tertiary/aromatic N) is 2. The molecule has 0 aromatic rings. The van der Waals surface area contributed by atoms with Crippen molar-refractivity contribution in [3.05, 3.63) is 0 Å². The summed E-state index contributed by atoms with van der Waals surface area (Å²) in [7, 11) is 0. The summed E-state index contributed by atoms with van der Waals surface area (Å²) in [5, 5.41) is 8.73. The highest BCUT2D eigenvalue weighted by Crippen LogP contribution is 2.24. The molecule has 0 amide bonds. The van der Waals surface area contributed by atoms with E-state index in [2.05, 4.69) is 25.7 Å². The molecule has 0 radical (unpaired) electrons. The van der Waals surface area contributed by atoms with Crippen LogP contribution >= 0.6 is 0 Å². The Balaban J connectivity index is 2.45. The zero-order valence-electron chi connectivity index (χ0n) is 10.7. The van der Waals surface area contributed by atoms with Crippen LogP contribution in [0.15, 0.2) is 0 Å². The van der Waals surface area contributed by atoms with Crippen molar-refractivity contribution >= 4 is 5.97 Å². The van der Waals surface area contributed by atoms with Gasteiger partial charge in [-0.25, -0.2) is 0 Å². The molecule has 4 heteroatoms. The first-order chi connectivity index (χ1) is 7.51. The summed E-state index contributed by atoms with van der Waals surface area (Å²) in [6.07, 6.45) is 2.31. The van der Waals surface area contributed by atoms with E-state index in [0.717, 1.165) is 39.0 Å². The van der Waals surface area contributed by atoms with Crippen molar-refractivity contribution in [2.75, 3.05) is 32.7 Å². The molecule has 1 heterocycles. The SMILES string of the molecule is CCC(C)(CC)N1CCN(CC(=O)O)CC1. The van der Waals surface area contributed by atoms with Crippen LogP contribution in [0.4, 0.5) is 0 Å². The summed E-state index contributed by atoms with van der Waals surface area (Å²) in [5.41, 5.74) is 0.287. The standard InChI is InChI=1S/C12H24N2O2/c1-4-12(3,5-2)14-8-6-13(7-9-14)10-11(15)16/h4-10H2,1-3H3,(H,15,16). The van der Waals surface area contributed by atoms with Crippen LogP contribution in [0, 0.1) is 0 Å². The molecule has 0 atom stereocenters. The lowest BCUT2D eigenvalue weighted by molar-refractivity contribution is -0.139. The quantitative estimate of drug-likeness (QED) is 0.769. The van der Waals surface area contributed by atoms with Gasteiger partial charge in [-0.1, -0.05) is 13.8 Å². The lowest BCUT2D eigenvalue weighted by Gasteiger charge is -2.45. The number of carboxylic acid groups (broad SMARTS) is 1. The lowest BCUT2D eigenvalue weighted by atomic mass is 9.92. The number of carbonyl (C=O) groups is 1. The molecule has 0 bridgehead atoms. The predicted octanol–water partition coefficient (Wildman–Crippen LogP) is 1.27. The van der Waals surface area contributed by atoms with E-state index in [-0.39, 0.29) is 12.1 Å². The summed E-state index contributed by atoms with van der Waals surface area (Å²) in [5.74, 6) is -0.720. The first-order valence-electron chi connectivity index (χ1n) is 6.21. The molecule has 1 aliphatic rings. The van der Waals surface area contributed by atoms with Crippen LogP contribution in [0.3, 0.4) is 0 Å². The van der Waals surface area contributed by atoms with Gasteiger partial charge in [0, 0.05) is 31.7 Å². The van der Waals surface area contributed by atoms with Crippen molar-refractivity contribution in [3.8, 4) is 0 Å². The Morgan fingerprint density at radius 2 is 1.69 bits per heavy atom. The minimum Gasteiger partial charge on any atom is -0.480 e. The maximum absolute atomic E-state index is 10.6. The molecule has 0 aliphatic carbocycles. The highest BCUT2D eigenvalue weighted by molar-refractivity contribution is 5.69. The molecule has 0 saturated carbocycles. The number of piperazine rings is 1. The highest BCUT2D eigenvalue weighted by Gasteiger charge is 2.31. The lowest BCUT2D eigenvalue weighted by Crippen LogP contribution is -2.56. The fourth-order valence-corrected chi connectivity index (χ4v) is 2.33. The Bertz CT molecular complexity index is 231. The zero-order valence-corrected chi connectivity index (χ0v) is 10.7. The predicted molar refractivity (Wildman–Crippen MR) is 64.6 cm³/mol. The van der Waals surface area contributed by atoms with Crippen LogP contribution in [0.5, 0.6) is 0 Å². The van der Waals surface area contributed by atoms with Crippen LogP contribution < -0.4 is 0 Å². The van der Waals surface area contributed by atoms with Gasteiger partial charge in [0.2, 0.25) is 0 Å². The van der Waals surface area contributed by atoms with E-state index in [0.29, 0.717) is 0 Å². The molecule has 1 rings (SSSR count). The monoisotopic (exact) mass is 228 g/mol. The molecule has 94 valence electrons. The third-order valence-electron chi connectivity index (χ3n) is 4.02. The van der Waals surface area contributed by atoms with Gasteiger partial charge in [0.25, 0.3) is 0 Å².